The molecule has 0 atom stereocenters. The second-order valence-corrected chi connectivity index (χ2v) is 3.99. The number of carbonyl (C=O) groups excluding carboxylic acids is 1. The topological polar surface area (TPSA) is 77.8 Å². The summed E-state index contributed by atoms with van der Waals surface area (Å²) in [5.41, 5.74) is -0.701. The Hall–Kier alpha value is -1.36. The number of hydrogen-bond donors (Lipinski definition) is 2. The molecule has 1 rings (SSSR count). The van der Waals surface area contributed by atoms with Crippen LogP contribution in [0.15, 0.2) is 12.2 Å². The molecule has 2 N–H and O–H groups in total. The standard InChI is InChI=1S/C10H15NO4/c1-10(15)4-6-11(7-5-10)8(12)2-3-9(13)14/h2-3,15H,4-7H2,1H3,(H,13,14)/b3-2-. The fraction of sp³-hybridized carbons (Fsp3) is 0.600. The van der Waals surface area contributed by atoms with Crippen LogP contribution in [-0.2, 0) is 9.59 Å². The SMILES string of the molecule is CC1(O)CCN(C(=O)/C=C\C(=O)O)CC1. The van der Waals surface area contributed by atoms with Crippen molar-refractivity contribution in [3.63, 3.8) is 0 Å². The van der Waals surface area contributed by atoms with Crippen LogP contribution in [0, 0.1) is 0 Å². The van der Waals surface area contributed by atoms with Gasteiger partial charge in [-0.1, -0.05) is 0 Å². The van der Waals surface area contributed by atoms with E-state index in [9.17, 15) is 14.7 Å². The van der Waals surface area contributed by atoms with Gasteiger partial charge in [0.05, 0.1) is 5.60 Å². The van der Waals surface area contributed by atoms with Crippen molar-refractivity contribution in [2.45, 2.75) is 25.4 Å². The third kappa shape index (κ3) is 3.71. The van der Waals surface area contributed by atoms with Crippen LogP contribution < -0.4 is 0 Å². The lowest BCUT2D eigenvalue weighted by atomic mass is 9.94. The molecule has 0 radical (unpaired) electrons. The highest BCUT2D eigenvalue weighted by Gasteiger charge is 2.28. The summed E-state index contributed by atoms with van der Waals surface area (Å²) in [4.78, 5) is 23.1. The van der Waals surface area contributed by atoms with E-state index in [2.05, 4.69) is 0 Å². The summed E-state index contributed by atoms with van der Waals surface area (Å²) in [7, 11) is 0. The largest absolute Gasteiger partial charge is 0.478 e. The Kier molecular flexibility index (Phi) is 3.47. The van der Waals surface area contributed by atoms with Gasteiger partial charge in [0.2, 0.25) is 5.91 Å². The predicted molar refractivity (Wildman–Crippen MR) is 53.2 cm³/mol. The lowest BCUT2D eigenvalue weighted by Gasteiger charge is -2.35. The Labute approximate surface area is 88.0 Å². The van der Waals surface area contributed by atoms with Gasteiger partial charge in [0, 0.05) is 25.2 Å². The summed E-state index contributed by atoms with van der Waals surface area (Å²) in [6, 6.07) is 0. The van der Waals surface area contributed by atoms with Crippen LogP contribution in [0.3, 0.4) is 0 Å². The molecule has 0 aromatic heterocycles. The van der Waals surface area contributed by atoms with E-state index < -0.39 is 11.6 Å². The van der Waals surface area contributed by atoms with Crippen LogP contribution in [0.25, 0.3) is 0 Å². The summed E-state index contributed by atoms with van der Waals surface area (Å²) in [6.45, 7) is 2.67. The normalized spacial score (nSPS) is 20.5. The van der Waals surface area contributed by atoms with Gasteiger partial charge in [-0.3, -0.25) is 4.79 Å². The zero-order valence-electron chi connectivity index (χ0n) is 8.64. The Balaban J connectivity index is 2.47. The van der Waals surface area contributed by atoms with Crippen molar-refractivity contribution in [1.29, 1.82) is 0 Å². The molecule has 5 heteroatoms. The molecule has 0 aliphatic carbocycles. The first-order chi connectivity index (χ1) is 6.91. The third-order valence-electron chi connectivity index (χ3n) is 2.52. The second-order valence-electron chi connectivity index (χ2n) is 3.99. The fourth-order valence-electron chi connectivity index (χ4n) is 1.46. The van der Waals surface area contributed by atoms with Crippen molar-refractivity contribution in [3.05, 3.63) is 12.2 Å². The molecule has 1 aliphatic heterocycles. The van der Waals surface area contributed by atoms with Gasteiger partial charge in [0.1, 0.15) is 0 Å². The van der Waals surface area contributed by atoms with E-state index in [0.29, 0.717) is 25.9 Å². The summed E-state index contributed by atoms with van der Waals surface area (Å²) in [6.07, 6.45) is 2.93. The summed E-state index contributed by atoms with van der Waals surface area (Å²) >= 11 is 0. The Bertz CT molecular complexity index is 286. The minimum atomic E-state index is -1.13. The number of rotatable bonds is 2. The van der Waals surface area contributed by atoms with E-state index in [1.165, 1.54) is 4.90 Å². The van der Waals surface area contributed by atoms with Gasteiger partial charge in [-0.25, -0.2) is 4.79 Å². The number of nitrogens with zero attached hydrogens (tertiary/aromatic N) is 1. The molecule has 15 heavy (non-hydrogen) atoms. The van der Waals surface area contributed by atoms with Crippen LogP contribution in [0.2, 0.25) is 0 Å². The molecule has 1 heterocycles. The molecule has 1 amide bonds. The molecule has 0 aromatic carbocycles. The molecule has 0 saturated carbocycles. The van der Waals surface area contributed by atoms with Gasteiger partial charge < -0.3 is 15.1 Å². The minimum Gasteiger partial charge on any atom is -0.478 e. The van der Waals surface area contributed by atoms with Gasteiger partial charge in [-0.05, 0) is 19.8 Å². The Morgan fingerprint density at radius 3 is 2.27 bits per heavy atom. The predicted octanol–water partition coefficient (Wildman–Crippen LogP) is 0.000600. The van der Waals surface area contributed by atoms with Gasteiger partial charge in [0.25, 0.3) is 0 Å². The van der Waals surface area contributed by atoms with Gasteiger partial charge in [-0.15, -0.1) is 0 Å². The summed E-state index contributed by atoms with van der Waals surface area (Å²) < 4.78 is 0. The Morgan fingerprint density at radius 1 is 1.27 bits per heavy atom. The number of carbonyl (C=O) groups is 2. The highest BCUT2D eigenvalue weighted by Crippen LogP contribution is 2.20. The first kappa shape index (κ1) is 11.7. The van der Waals surface area contributed by atoms with Crippen molar-refractivity contribution < 1.29 is 19.8 Å². The molecule has 0 unspecified atom stereocenters. The van der Waals surface area contributed by atoms with E-state index in [-0.39, 0.29) is 5.91 Å². The first-order valence-electron chi connectivity index (χ1n) is 4.83. The maximum absolute atomic E-state index is 11.4. The monoisotopic (exact) mass is 213 g/mol. The van der Waals surface area contributed by atoms with Crippen LogP contribution in [0.1, 0.15) is 19.8 Å². The van der Waals surface area contributed by atoms with Crippen molar-refractivity contribution in [2.24, 2.45) is 0 Å². The average Bonchev–Trinajstić information content (AvgIpc) is 2.14. The number of amides is 1. The second kappa shape index (κ2) is 4.44. The zero-order valence-corrected chi connectivity index (χ0v) is 8.64. The Morgan fingerprint density at radius 2 is 1.80 bits per heavy atom. The van der Waals surface area contributed by atoms with Gasteiger partial charge >= 0.3 is 5.97 Å². The quantitative estimate of drug-likeness (QED) is 0.633. The van der Waals surface area contributed by atoms with Crippen LogP contribution in [0.4, 0.5) is 0 Å². The zero-order chi connectivity index (χ0) is 11.5. The molecule has 1 fully saturated rings. The number of likely N-dealkylation sites (tertiary alicyclic amines) is 1. The van der Waals surface area contributed by atoms with E-state index in [1.807, 2.05) is 0 Å². The highest BCUT2D eigenvalue weighted by atomic mass is 16.4. The number of aliphatic carboxylic acids is 1. The van der Waals surface area contributed by atoms with Crippen molar-refractivity contribution >= 4 is 11.9 Å². The maximum Gasteiger partial charge on any atom is 0.328 e. The van der Waals surface area contributed by atoms with Crippen molar-refractivity contribution in [2.75, 3.05) is 13.1 Å². The molecule has 84 valence electrons. The molecule has 0 bridgehead atoms. The number of hydrogen-bond acceptors (Lipinski definition) is 3. The molecule has 1 saturated heterocycles. The third-order valence-corrected chi connectivity index (χ3v) is 2.52. The highest BCUT2D eigenvalue weighted by molar-refractivity contribution is 5.93. The maximum atomic E-state index is 11.4. The first-order valence-corrected chi connectivity index (χ1v) is 4.83. The molecule has 5 nitrogen and oxygen atoms in total. The van der Waals surface area contributed by atoms with E-state index in [4.69, 9.17) is 5.11 Å². The average molecular weight is 213 g/mol. The van der Waals surface area contributed by atoms with Crippen molar-refractivity contribution in [3.8, 4) is 0 Å². The smallest absolute Gasteiger partial charge is 0.328 e. The lowest BCUT2D eigenvalue weighted by molar-refractivity contribution is -0.133. The summed E-state index contributed by atoms with van der Waals surface area (Å²) in [5, 5.41) is 18.0. The molecule has 1 aliphatic rings. The molecular formula is C10H15NO4. The molecular weight excluding hydrogens is 198 g/mol. The van der Waals surface area contributed by atoms with Crippen molar-refractivity contribution in [1.82, 2.24) is 4.90 Å². The van der Waals surface area contributed by atoms with Crippen LogP contribution in [-0.4, -0.2) is 45.7 Å². The fourth-order valence-corrected chi connectivity index (χ4v) is 1.46. The summed E-state index contributed by atoms with van der Waals surface area (Å²) in [5.74, 6) is -1.44. The number of carboxylic acid groups (broad SMARTS) is 1. The minimum absolute atomic E-state index is 0.312. The van der Waals surface area contributed by atoms with Crippen LogP contribution >= 0.6 is 0 Å². The van der Waals surface area contributed by atoms with E-state index in [0.717, 1.165) is 12.2 Å². The molecule has 0 spiro atoms. The van der Waals surface area contributed by atoms with Gasteiger partial charge in [-0.2, -0.15) is 0 Å². The van der Waals surface area contributed by atoms with Crippen LogP contribution in [0.5, 0.6) is 0 Å². The number of piperidine rings is 1. The number of carboxylic acids is 1. The van der Waals surface area contributed by atoms with E-state index >= 15 is 0 Å². The molecule has 0 aromatic rings. The number of aliphatic hydroxyl groups is 1. The van der Waals surface area contributed by atoms with Gasteiger partial charge in [0.15, 0.2) is 0 Å². The van der Waals surface area contributed by atoms with E-state index in [1.54, 1.807) is 6.92 Å². The lowest BCUT2D eigenvalue weighted by Crippen LogP contribution is -2.44.